The van der Waals surface area contributed by atoms with E-state index in [1.54, 1.807) is 0 Å². The number of hydrogen-bond donors (Lipinski definition) is 2. The highest BCUT2D eigenvalue weighted by molar-refractivity contribution is 5.21. The van der Waals surface area contributed by atoms with Gasteiger partial charge >= 0.3 is 0 Å². The van der Waals surface area contributed by atoms with E-state index in [4.69, 9.17) is 0 Å². The summed E-state index contributed by atoms with van der Waals surface area (Å²) in [7, 11) is 0. The summed E-state index contributed by atoms with van der Waals surface area (Å²) in [6.07, 6.45) is 12.2. The molecule has 182 valence electrons. The Morgan fingerprint density at radius 3 is 2.19 bits per heavy atom. The van der Waals surface area contributed by atoms with Crippen molar-refractivity contribution >= 4 is 0 Å². The van der Waals surface area contributed by atoms with E-state index in [0.717, 1.165) is 18.3 Å². The summed E-state index contributed by atoms with van der Waals surface area (Å²) < 4.78 is 0. The van der Waals surface area contributed by atoms with Crippen LogP contribution in [0.4, 0.5) is 0 Å². The topological polar surface area (TPSA) is 40.5 Å². The standard InChI is InChI=1S/C30H50O2/c1-19(2)20-10-15-30(18-31)17-16-28(6)21(25(20)30)8-9-23-27(5)13-12-24(32)26(3,4)22(27)11-14-29(23,28)7/h20-25,31-32H,1,8-18H2,2-7H3/t20-,21-,22+,23-,24+,25-,27-,28+,29+,30+/m1/s1. The maximum Gasteiger partial charge on any atom is 0.0594 e. The second kappa shape index (κ2) is 7.09. The van der Waals surface area contributed by atoms with Gasteiger partial charge in [-0.05, 0) is 128 Å². The zero-order chi connectivity index (χ0) is 23.3. The van der Waals surface area contributed by atoms with Crippen LogP contribution >= 0.6 is 0 Å². The van der Waals surface area contributed by atoms with Gasteiger partial charge in [-0.3, -0.25) is 0 Å². The molecule has 5 aliphatic rings. The monoisotopic (exact) mass is 442 g/mol. The van der Waals surface area contributed by atoms with E-state index in [0.29, 0.717) is 40.6 Å². The molecule has 5 fully saturated rings. The first-order chi connectivity index (χ1) is 14.9. The predicted molar refractivity (Wildman–Crippen MR) is 132 cm³/mol. The minimum atomic E-state index is -0.147. The van der Waals surface area contributed by atoms with E-state index >= 15 is 0 Å². The second-order valence-electron chi connectivity index (χ2n) is 14.6. The molecule has 5 rings (SSSR count). The van der Waals surface area contributed by atoms with E-state index in [2.05, 4.69) is 48.1 Å². The number of hydrogen-bond acceptors (Lipinski definition) is 2. The lowest BCUT2D eigenvalue weighted by molar-refractivity contribution is -0.249. The molecule has 5 aliphatic carbocycles. The van der Waals surface area contributed by atoms with E-state index in [1.807, 2.05) is 0 Å². The molecule has 2 N–H and O–H groups in total. The fourth-order valence-corrected chi connectivity index (χ4v) is 11.5. The summed E-state index contributed by atoms with van der Waals surface area (Å²) in [5.74, 6) is 3.33. The first-order valence-corrected chi connectivity index (χ1v) is 13.8. The third kappa shape index (κ3) is 2.66. The molecule has 0 amide bonds. The molecule has 0 saturated heterocycles. The van der Waals surface area contributed by atoms with E-state index in [1.165, 1.54) is 63.4 Å². The molecule has 0 bridgehead atoms. The molecule has 0 aliphatic heterocycles. The number of aliphatic hydroxyl groups is 2. The van der Waals surface area contributed by atoms with Gasteiger partial charge in [-0.25, -0.2) is 0 Å². The van der Waals surface area contributed by atoms with E-state index in [-0.39, 0.29) is 16.9 Å². The average Bonchev–Trinajstić information content (AvgIpc) is 3.12. The van der Waals surface area contributed by atoms with Crippen molar-refractivity contribution in [1.29, 1.82) is 0 Å². The molecule has 10 atom stereocenters. The zero-order valence-electron chi connectivity index (χ0n) is 21.8. The van der Waals surface area contributed by atoms with Crippen molar-refractivity contribution in [1.82, 2.24) is 0 Å². The molecule has 2 heteroatoms. The Balaban J connectivity index is 1.55. The Kier molecular flexibility index (Phi) is 5.19. The minimum Gasteiger partial charge on any atom is -0.396 e. The van der Waals surface area contributed by atoms with Gasteiger partial charge in [0.15, 0.2) is 0 Å². The van der Waals surface area contributed by atoms with Gasteiger partial charge in [0.2, 0.25) is 0 Å². The Hall–Kier alpha value is -0.340. The van der Waals surface area contributed by atoms with E-state index < -0.39 is 0 Å². The SMILES string of the molecule is C=C(C)[C@H]1CC[C@@]2(CO)CC[C@@]3(C)[C@H](CC[C@@H]4[C@]5(C)CC[C@H](O)C(C)(C)[C@@H]5CC[C@@]43C)[C@@H]12. The lowest BCUT2D eigenvalue weighted by Gasteiger charge is -2.73. The summed E-state index contributed by atoms with van der Waals surface area (Å²) in [6, 6.07) is 0. The summed E-state index contributed by atoms with van der Waals surface area (Å²) in [4.78, 5) is 0. The van der Waals surface area contributed by atoms with Gasteiger partial charge in [0, 0.05) is 6.61 Å². The Morgan fingerprint density at radius 2 is 1.53 bits per heavy atom. The van der Waals surface area contributed by atoms with Crippen LogP contribution in [0.3, 0.4) is 0 Å². The van der Waals surface area contributed by atoms with Crippen molar-refractivity contribution in [3.63, 3.8) is 0 Å². The summed E-state index contributed by atoms with van der Waals surface area (Å²) >= 11 is 0. The molecule has 0 aromatic carbocycles. The van der Waals surface area contributed by atoms with Gasteiger partial charge in [-0.1, -0.05) is 46.8 Å². The first-order valence-electron chi connectivity index (χ1n) is 13.8. The van der Waals surface area contributed by atoms with Crippen LogP contribution in [-0.2, 0) is 0 Å². The first kappa shape index (κ1) is 23.4. The van der Waals surface area contributed by atoms with Crippen LogP contribution in [0.25, 0.3) is 0 Å². The van der Waals surface area contributed by atoms with Crippen LogP contribution in [0.2, 0.25) is 0 Å². The maximum atomic E-state index is 10.9. The highest BCUT2D eigenvalue weighted by Crippen LogP contribution is 2.77. The van der Waals surface area contributed by atoms with Crippen LogP contribution in [0.15, 0.2) is 12.2 Å². The molecular weight excluding hydrogens is 392 g/mol. The fourth-order valence-electron chi connectivity index (χ4n) is 11.5. The molecule has 0 aromatic heterocycles. The highest BCUT2D eigenvalue weighted by atomic mass is 16.3. The largest absolute Gasteiger partial charge is 0.396 e. The van der Waals surface area contributed by atoms with Crippen molar-refractivity contribution in [2.24, 2.45) is 56.7 Å². The molecule has 0 spiro atoms. The normalized spacial score (nSPS) is 56.5. The average molecular weight is 443 g/mol. The predicted octanol–water partition coefficient (Wildman–Crippen LogP) is 7.00. The number of rotatable bonds is 2. The van der Waals surface area contributed by atoms with Crippen LogP contribution < -0.4 is 0 Å². The number of aliphatic hydroxyl groups excluding tert-OH is 2. The van der Waals surface area contributed by atoms with Crippen molar-refractivity contribution < 1.29 is 10.2 Å². The molecule has 0 unspecified atom stereocenters. The van der Waals surface area contributed by atoms with Crippen molar-refractivity contribution in [2.45, 2.75) is 112 Å². The van der Waals surface area contributed by atoms with Crippen molar-refractivity contribution in [3.05, 3.63) is 12.2 Å². The zero-order valence-corrected chi connectivity index (χ0v) is 21.8. The Bertz CT molecular complexity index is 786. The molecule has 0 aromatic rings. The fraction of sp³-hybridized carbons (Fsp3) is 0.933. The lowest BCUT2D eigenvalue weighted by atomic mass is 9.32. The highest BCUT2D eigenvalue weighted by Gasteiger charge is 2.70. The van der Waals surface area contributed by atoms with Crippen LogP contribution in [0, 0.1) is 56.7 Å². The summed E-state index contributed by atoms with van der Waals surface area (Å²) in [6.45, 7) is 19.7. The Labute approximate surface area is 197 Å². The minimum absolute atomic E-state index is 0.0290. The van der Waals surface area contributed by atoms with Crippen LogP contribution in [0.5, 0.6) is 0 Å². The van der Waals surface area contributed by atoms with Gasteiger partial charge in [-0.2, -0.15) is 0 Å². The molecular formula is C30H50O2. The molecule has 5 saturated carbocycles. The third-order valence-electron chi connectivity index (χ3n) is 13.5. The lowest BCUT2D eigenvalue weighted by Crippen LogP contribution is -2.66. The third-order valence-corrected chi connectivity index (χ3v) is 13.5. The van der Waals surface area contributed by atoms with Crippen molar-refractivity contribution in [2.75, 3.05) is 6.61 Å². The number of allylic oxidation sites excluding steroid dienone is 1. The van der Waals surface area contributed by atoms with Gasteiger partial charge in [0.1, 0.15) is 0 Å². The van der Waals surface area contributed by atoms with Crippen LogP contribution in [-0.4, -0.2) is 22.9 Å². The molecule has 32 heavy (non-hydrogen) atoms. The molecule has 0 heterocycles. The van der Waals surface area contributed by atoms with Gasteiger partial charge < -0.3 is 10.2 Å². The van der Waals surface area contributed by atoms with E-state index in [9.17, 15) is 10.2 Å². The quantitative estimate of drug-likeness (QED) is 0.452. The molecule has 0 radical (unpaired) electrons. The molecule has 2 nitrogen and oxygen atoms in total. The van der Waals surface area contributed by atoms with Crippen molar-refractivity contribution in [3.8, 4) is 0 Å². The maximum absolute atomic E-state index is 10.9. The summed E-state index contributed by atoms with van der Waals surface area (Å²) in [5.41, 5.74) is 2.60. The van der Waals surface area contributed by atoms with Gasteiger partial charge in [0.25, 0.3) is 0 Å². The second-order valence-corrected chi connectivity index (χ2v) is 14.6. The van der Waals surface area contributed by atoms with Crippen LogP contribution in [0.1, 0.15) is 106 Å². The summed E-state index contributed by atoms with van der Waals surface area (Å²) in [5, 5.41) is 21.5. The van der Waals surface area contributed by atoms with Gasteiger partial charge in [0.05, 0.1) is 6.10 Å². The van der Waals surface area contributed by atoms with Gasteiger partial charge in [-0.15, -0.1) is 0 Å². The Morgan fingerprint density at radius 1 is 0.812 bits per heavy atom. The number of fused-ring (bicyclic) bond motifs is 7. The smallest absolute Gasteiger partial charge is 0.0594 e.